The van der Waals surface area contributed by atoms with E-state index in [4.69, 9.17) is 0 Å². The van der Waals surface area contributed by atoms with E-state index in [0.29, 0.717) is 12.1 Å². The number of carbonyl (C=O) groups is 2. The number of nitrogens with one attached hydrogen (secondary N) is 1. The van der Waals surface area contributed by atoms with Crippen LogP contribution >= 0.6 is 0 Å². The first kappa shape index (κ1) is 26.5. The van der Waals surface area contributed by atoms with Crippen molar-refractivity contribution in [3.8, 4) is 0 Å². The van der Waals surface area contributed by atoms with Crippen LogP contribution in [-0.4, -0.2) is 61.9 Å². The standard InChI is InChI=1S/C24H32FN3O4S/c1-18(2)15-26-24(30)22(14-19-8-6-5-7-9-19)28(16-20-10-12-21(25)13-11-20)23(29)17-27(3)33(4,31)32/h5-13,18,22H,14-17H2,1-4H3,(H,26,30)/t22-/m0/s1. The summed E-state index contributed by atoms with van der Waals surface area (Å²) in [5.41, 5.74) is 1.48. The van der Waals surface area contributed by atoms with Crippen LogP contribution in [-0.2, 0) is 32.6 Å². The van der Waals surface area contributed by atoms with Crippen molar-refractivity contribution in [2.75, 3.05) is 26.4 Å². The molecule has 2 aromatic rings. The Kier molecular flexibility index (Phi) is 9.55. The van der Waals surface area contributed by atoms with Crippen molar-refractivity contribution < 1.29 is 22.4 Å². The van der Waals surface area contributed by atoms with Gasteiger partial charge in [-0.3, -0.25) is 9.59 Å². The predicted molar refractivity (Wildman–Crippen MR) is 126 cm³/mol. The monoisotopic (exact) mass is 477 g/mol. The molecule has 0 aliphatic rings. The molecule has 0 fully saturated rings. The highest BCUT2D eigenvalue weighted by atomic mass is 32.2. The number of likely N-dealkylation sites (N-methyl/N-ethyl adjacent to an activating group) is 1. The van der Waals surface area contributed by atoms with E-state index in [9.17, 15) is 22.4 Å². The molecule has 0 aliphatic carbocycles. The van der Waals surface area contributed by atoms with Gasteiger partial charge in [-0.1, -0.05) is 56.3 Å². The van der Waals surface area contributed by atoms with Gasteiger partial charge in [0.25, 0.3) is 0 Å². The Balaban J connectivity index is 2.42. The van der Waals surface area contributed by atoms with E-state index < -0.39 is 34.3 Å². The topological polar surface area (TPSA) is 86.8 Å². The molecule has 0 aliphatic heterocycles. The Morgan fingerprint density at radius 3 is 2.15 bits per heavy atom. The zero-order chi connectivity index (χ0) is 24.6. The minimum Gasteiger partial charge on any atom is -0.354 e. The van der Waals surface area contributed by atoms with Gasteiger partial charge < -0.3 is 10.2 Å². The van der Waals surface area contributed by atoms with E-state index >= 15 is 0 Å². The minimum absolute atomic E-state index is 0.0311. The average molecular weight is 478 g/mol. The van der Waals surface area contributed by atoms with Crippen LogP contribution < -0.4 is 5.32 Å². The van der Waals surface area contributed by atoms with Crippen molar-refractivity contribution in [2.24, 2.45) is 5.92 Å². The number of hydrogen-bond acceptors (Lipinski definition) is 4. The second-order valence-electron chi connectivity index (χ2n) is 8.51. The first-order valence-corrected chi connectivity index (χ1v) is 12.6. The molecule has 2 amide bonds. The fourth-order valence-electron chi connectivity index (χ4n) is 3.16. The zero-order valence-corrected chi connectivity index (χ0v) is 20.3. The van der Waals surface area contributed by atoms with Crippen molar-refractivity contribution in [3.05, 3.63) is 71.5 Å². The molecule has 2 aromatic carbocycles. The van der Waals surface area contributed by atoms with Crippen molar-refractivity contribution in [3.63, 3.8) is 0 Å². The molecule has 0 radical (unpaired) electrons. The maximum absolute atomic E-state index is 13.4. The van der Waals surface area contributed by atoms with E-state index in [1.54, 1.807) is 12.1 Å². The second-order valence-corrected chi connectivity index (χ2v) is 10.6. The third kappa shape index (κ3) is 8.58. The molecule has 0 saturated carbocycles. The maximum Gasteiger partial charge on any atom is 0.243 e. The first-order chi connectivity index (χ1) is 15.5. The van der Waals surface area contributed by atoms with Gasteiger partial charge in [-0.15, -0.1) is 0 Å². The van der Waals surface area contributed by atoms with Crippen LogP contribution in [0.2, 0.25) is 0 Å². The van der Waals surface area contributed by atoms with E-state index in [0.717, 1.165) is 16.1 Å². The molecular weight excluding hydrogens is 445 g/mol. The molecule has 0 saturated heterocycles. The lowest BCUT2D eigenvalue weighted by Crippen LogP contribution is -2.53. The Morgan fingerprint density at radius 2 is 1.61 bits per heavy atom. The minimum atomic E-state index is -3.60. The highest BCUT2D eigenvalue weighted by molar-refractivity contribution is 7.88. The number of sulfonamides is 1. The van der Waals surface area contributed by atoms with Gasteiger partial charge in [0.2, 0.25) is 21.8 Å². The third-order valence-corrected chi connectivity index (χ3v) is 6.41. The van der Waals surface area contributed by atoms with Crippen LogP contribution in [0.15, 0.2) is 54.6 Å². The molecule has 33 heavy (non-hydrogen) atoms. The Hall–Kier alpha value is -2.78. The van der Waals surface area contributed by atoms with Crippen LogP contribution in [0.3, 0.4) is 0 Å². The third-order valence-electron chi connectivity index (χ3n) is 5.15. The molecule has 0 aromatic heterocycles. The summed E-state index contributed by atoms with van der Waals surface area (Å²) in [6, 6.07) is 14.1. The molecular formula is C24H32FN3O4S. The van der Waals surface area contributed by atoms with Crippen LogP contribution in [0.4, 0.5) is 4.39 Å². The number of nitrogens with zero attached hydrogens (tertiary/aromatic N) is 2. The fourth-order valence-corrected chi connectivity index (χ4v) is 3.51. The van der Waals surface area contributed by atoms with Crippen LogP contribution in [0.5, 0.6) is 0 Å². The van der Waals surface area contributed by atoms with E-state index in [1.807, 2.05) is 44.2 Å². The van der Waals surface area contributed by atoms with Gasteiger partial charge in [-0.2, -0.15) is 4.31 Å². The fraction of sp³-hybridized carbons (Fsp3) is 0.417. The van der Waals surface area contributed by atoms with Gasteiger partial charge in [-0.05, 0) is 29.2 Å². The number of amides is 2. The number of hydrogen-bond donors (Lipinski definition) is 1. The van der Waals surface area contributed by atoms with Crippen molar-refractivity contribution in [1.29, 1.82) is 0 Å². The van der Waals surface area contributed by atoms with Crippen molar-refractivity contribution >= 4 is 21.8 Å². The summed E-state index contributed by atoms with van der Waals surface area (Å²) < 4.78 is 38.1. The summed E-state index contributed by atoms with van der Waals surface area (Å²) in [5, 5.41) is 2.89. The van der Waals surface area contributed by atoms with Gasteiger partial charge in [0.1, 0.15) is 11.9 Å². The van der Waals surface area contributed by atoms with Crippen molar-refractivity contribution in [1.82, 2.24) is 14.5 Å². The van der Waals surface area contributed by atoms with Gasteiger partial charge in [-0.25, -0.2) is 12.8 Å². The summed E-state index contributed by atoms with van der Waals surface area (Å²) >= 11 is 0. The molecule has 7 nitrogen and oxygen atoms in total. The number of benzene rings is 2. The van der Waals surface area contributed by atoms with Gasteiger partial charge in [0, 0.05) is 26.6 Å². The SMILES string of the molecule is CC(C)CNC(=O)[C@H](Cc1ccccc1)N(Cc1ccc(F)cc1)C(=O)CN(C)S(C)(=O)=O. The van der Waals surface area contributed by atoms with Crippen LogP contribution in [0.25, 0.3) is 0 Å². The summed E-state index contributed by atoms with van der Waals surface area (Å²) in [6.45, 7) is 3.99. The molecule has 0 spiro atoms. The van der Waals surface area contributed by atoms with Gasteiger partial charge >= 0.3 is 0 Å². The molecule has 2 rings (SSSR count). The normalized spacial score (nSPS) is 12.6. The van der Waals surface area contributed by atoms with Gasteiger partial charge in [0.15, 0.2) is 0 Å². The number of carbonyl (C=O) groups excluding carboxylic acids is 2. The summed E-state index contributed by atoms with van der Waals surface area (Å²) in [4.78, 5) is 27.9. The molecule has 180 valence electrons. The molecule has 9 heteroatoms. The lowest BCUT2D eigenvalue weighted by molar-refractivity contribution is -0.141. The Labute approximate surface area is 195 Å². The quantitative estimate of drug-likeness (QED) is 0.539. The largest absolute Gasteiger partial charge is 0.354 e. The maximum atomic E-state index is 13.4. The Bertz CT molecular complexity index is 1030. The zero-order valence-electron chi connectivity index (χ0n) is 19.5. The van der Waals surface area contributed by atoms with E-state index in [1.165, 1.54) is 24.1 Å². The lowest BCUT2D eigenvalue weighted by Gasteiger charge is -2.32. The smallest absolute Gasteiger partial charge is 0.243 e. The lowest BCUT2D eigenvalue weighted by atomic mass is 10.0. The van der Waals surface area contributed by atoms with E-state index in [2.05, 4.69) is 5.32 Å². The number of halogens is 1. The highest BCUT2D eigenvalue weighted by Crippen LogP contribution is 2.16. The molecule has 0 bridgehead atoms. The second kappa shape index (κ2) is 11.9. The predicted octanol–water partition coefficient (Wildman–Crippen LogP) is 2.43. The van der Waals surface area contributed by atoms with E-state index in [-0.39, 0.29) is 24.8 Å². The summed E-state index contributed by atoms with van der Waals surface area (Å²) in [5.74, 6) is -1.05. The summed E-state index contributed by atoms with van der Waals surface area (Å²) in [6.07, 6.45) is 1.27. The van der Waals surface area contributed by atoms with Gasteiger partial charge in [0.05, 0.1) is 12.8 Å². The molecule has 0 heterocycles. The first-order valence-electron chi connectivity index (χ1n) is 10.7. The molecule has 1 atom stereocenters. The number of rotatable bonds is 11. The molecule has 1 N–H and O–H groups in total. The average Bonchev–Trinajstić information content (AvgIpc) is 2.75. The Morgan fingerprint density at radius 1 is 1.00 bits per heavy atom. The van der Waals surface area contributed by atoms with Crippen LogP contribution in [0.1, 0.15) is 25.0 Å². The highest BCUT2D eigenvalue weighted by Gasteiger charge is 2.31. The van der Waals surface area contributed by atoms with Crippen molar-refractivity contribution in [2.45, 2.75) is 32.9 Å². The molecule has 0 unspecified atom stereocenters. The van der Waals surface area contributed by atoms with Crippen LogP contribution in [0, 0.1) is 11.7 Å². The summed E-state index contributed by atoms with van der Waals surface area (Å²) in [7, 11) is -2.29.